The minimum absolute atomic E-state index is 0.267. The third-order valence-corrected chi connectivity index (χ3v) is 9.52. The molecule has 0 radical (unpaired) electrons. The van der Waals surface area contributed by atoms with Crippen molar-refractivity contribution in [3.05, 3.63) is 39.0 Å². The highest BCUT2D eigenvalue weighted by Crippen LogP contribution is 2.48. The Kier molecular flexibility index (Phi) is 6.46. The maximum atomic E-state index is 6.37. The predicted octanol–water partition coefficient (Wildman–Crippen LogP) is 5.29. The SMILES string of the molecule is COc1cc2c(cc1Cl)CCC21CCN(CCCSc2nnc(-c3sc(C)nc3C)n2C)C1. The summed E-state index contributed by atoms with van der Waals surface area (Å²) in [6, 6.07) is 4.32. The number of thioether (sulfide) groups is 1. The highest BCUT2D eigenvalue weighted by atomic mass is 35.5. The topological polar surface area (TPSA) is 56.1 Å². The van der Waals surface area contributed by atoms with Gasteiger partial charge in [-0.25, -0.2) is 4.98 Å². The molecule has 1 aromatic carbocycles. The summed E-state index contributed by atoms with van der Waals surface area (Å²) in [4.78, 5) is 8.27. The summed E-state index contributed by atoms with van der Waals surface area (Å²) in [7, 11) is 3.75. The van der Waals surface area contributed by atoms with E-state index < -0.39 is 0 Å². The molecule has 3 aromatic rings. The lowest BCUT2D eigenvalue weighted by Crippen LogP contribution is -2.29. The van der Waals surface area contributed by atoms with Crippen LogP contribution in [-0.4, -0.2) is 57.1 Å². The average Bonchev–Trinajstić information content (AvgIpc) is 3.54. The molecule has 2 aromatic heterocycles. The molecule has 3 heterocycles. The van der Waals surface area contributed by atoms with Crippen molar-refractivity contribution in [2.75, 3.05) is 32.5 Å². The van der Waals surface area contributed by atoms with E-state index >= 15 is 0 Å². The Balaban J connectivity index is 1.16. The van der Waals surface area contributed by atoms with Gasteiger partial charge in [0.15, 0.2) is 11.0 Å². The van der Waals surface area contributed by atoms with Gasteiger partial charge in [0.25, 0.3) is 0 Å². The molecule has 0 N–H and O–H groups in total. The zero-order valence-corrected chi connectivity index (χ0v) is 22.0. The van der Waals surface area contributed by atoms with Gasteiger partial charge in [0.2, 0.25) is 0 Å². The number of fused-ring (bicyclic) bond motifs is 2. The number of aromatic nitrogens is 4. The van der Waals surface area contributed by atoms with E-state index in [4.69, 9.17) is 16.3 Å². The van der Waals surface area contributed by atoms with Crippen LogP contribution in [0, 0.1) is 13.8 Å². The van der Waals surface area contributed by atoms with Gasteiger partial charge in [-0.3, -0.25) is 0 Å². The van der Waals surface area contributed by atoms with Gasteiger partial charge in [-0.1, -0.05) is 23.4 Å². The van der Waals surface area contributed by atoms with Gasteiger partial charge in [-0.05, 0) is 75.9 Å². The van der Waals surface area contributed by atoms with Gasteiger partial charge in [0, 0.05) is 24.8 Å². The molecule has 1 aliphatic carbocycles. The minimum Gasteiger partial charge on any atom is -0.495 e. The van der Waals surface area contributed by atoms with Crippen LogP contribution in [0.1, 0.15) is 41.1 Å². The second-order valence-corrected chi connectivity index (χ2v) is 11.8. The fraction of sp³-hybridized carbons (Fsp3) is 0.542. The number of likely N-dealkylation sites (tertiary alicyclic amines) is 1. The first-order valence-corrected chi connectivity index (χ1v) is 13.6. The number of hydrogen-bond acceptors (Lipinski definition) is 7. The Hall–Kier alpha value is -1.61. The summed E-state index contributed by atoms with van der Waals surface area (Å²) in [5, 5.41) is 11.6. The molecule has 2 aliphatic rings. The van der Waals surface area contributed by atoms with Crippen LogP contribution in [0.25, 0.3) is 10.7 Å². The largest absolute Gasteiger partial charge is 0.495 e. The fourth-order valence-corrected chi connectivity index (χ4v) is 7.40. The van der Waals surface area contributed by atoms with Crippen LogP contribution in [0.3, 0.4) is 0 Å². The number of ether oxygens (including phenoxy) is 1. The van der Waals surface area contributed by atoms with Crippen LogP contribution in [-0.2, 0) is 18.9 Å². The third kappa shape index (κ3) is 4.31. The number of nitrogens with zero attached hydrogens (tertiary/aromatic N) is 5. The first-order valence-electron chi connectivity index (χ1n) is 11.5. The Morgan fingerprint density at radius 3 is 2.85 bits per heavy atom. The molecule has 1 unspecified atom stereocenters. The van der Waals surface area contributed by atoms with Crippen LogP contribution in [0.15, 0.2) is 17.3 Å². The van der Waals surface area contributed by atoms with E-state index in [9.17, 15) is 0 Å². The zero-order valence-electron chi connectivity index (χ0n) is 19.7. The van der Waals surface area contributed by atoms with Gasteiger partial charge < -0.3 is 14.2 Å². The molecule has 1 saturated heterocycles. The molecular weight excluding hydrogens is 474 g/mol. The predicted molar refractivity (Wildman–Crippen MR) is 136 cm³/mol. The van der Waals surface area contributed by atoms with E-state index in [1.165, 1.54) is 24.0 Å². The maximum absolute atomic E-state index is 6.37. The second-order valence-electron chi connectivity index (χ2n) is 9.17. The molecule has 6 nitrogen and oxygen atoms in total. The number of benzene rings is 1. The summed E-state index contributed by atoms with van der Waals surface area (Å²) in [6.07, 6.45) is 4.70. The van der Waals surface area contributed by atoms with Crippen LogP contribution in [0.4, 0.5) is 0 Å². The Morgan fingerprint density at radius 1 is 1.24 bits per heavy atom. The van der Waals surface area contributed by atoms with Crippen molar-refractivity contribution >= 4 is 34.7 Å². The highest BCUT2D eigenvalue weighted by Gasteiger charge is 2.44. The van der Waals surface area contributed by atoms with Crippen LogP contribution in [0.5, 0.6) is 5.75 Å². The standard InChI is InChI=1S/C24H30ClN5OS2/c1-15-21(33-16(2)26-15)22-27-28-23(29(22)3)32-11-5-9-30-10-8-24(14-30)7-6-17-12-19(25)20(31-4)13-18(17)24/h12-13H,5-11,14H2,1-4H3. The number of hydrogen-bond donors (Lipinski definition) is 0. The molecule has 1 aliphatic heterocycles. The minimum atomic E-state index is 0.267. The van der Waals surface area contributed by atoms with Crippen molar-refractivity contribution in [2.45, 2.75) is 50.1 Å². The van der Waals surface area contributed by atoms with Crippen molar-refractivity contribution in [1.82, 2.24) is 24.6 Å². The maximum Gasteiger partial charge on any atom is 0.191 e. The normalized spacial score (nSPS) is 20.2. The average molecular weight is 504 g/mol. The quantitative estimate of drug-likeness (QED) is 0.322. The Bertz CT molecular complexity index is 1180. The third-order valence-electron chi connectivity index (χ3n) is 7.05. The summed E-state index contributed by atoms with van der Waals surface area (Å²) in [6.45, 7) is 7.48. The summed E-state index contributed by atoms with van der Waals surface area (Å²) in [5.41, 5.74) is 4.16. The van der Waals surface area contributed by atoms with Gasteiger partial charge >= 0.3 is 0 Å². The zero-order chi connectivity index (χ0) is 23.2. The van der Waals surface area contributed by atoms with Crippen molar-refractivity contribution in [3.8, 4) is 16.5 Å². The molecule has 33 heavy (non-hydrogen) atoms. The fourth-order valence-electron chi connectivity index (χ4n) is 5.36. The van der Waals surface area contributed by atoms with Gasteiger partial charge in [0.05, 0.1) is 27.7 Å². The number of halogens is 1. The van der Waals surface area contributed by atoms with Crippen molar-refractivity contribution in [1.29, 1.82) is 0 Å². The molecule has 0 amide bonds. The van der Waals surface area contributed by atoms with Gasteiger partial charge in [-0.2, -0.15) is 0 Å². The van der Waals surface area contributed by atoms with Gasteiger partial charge in [-0.15, -0.1) is 21.5 Å². The highest BCUT2D eigenvalue weighted by molar-refractivity contribution is 7.99. The molecule has 0 bridgehead atoms. The molecular formula is C24H30ClN5OS2. The number of aryl methyl sites for hydroxylation is 3. The van der Waals surface area contributed by atoms with Crippen LogP contribution >= 0.6 is 34.7 Å². The van der Waals surface area contributed by atoms with Crippen LogP contribution < -0.4 is 4.74 Å². The smallest absolute Gasteiger partial charge is 0.191 e. The number of methoxy groups -OCH3 is 1. The first kappa shape index (κ1) is 23.1. The molecule has 0 saturated carbocycles. The summed E-state index contributed by atoms with van der Waals surface area (Å²) < 4.78 is 7.61. The molecule has 9 heteroatoms. The molecule has 176 valence electrons. The summed E-state index contributed by atoms with van der Waals surface area (Å²) in [5.74, 6) is 2.76. The monoisotopic (exact) mass is 503 g/mol. The van der Waals surface area contributed by atoms with Crippen molar-refractivity contribution < 1.29 is 4.74 Å². The van der Waals surface area contributed by atoms with E-state index in [-0.39, 0.29) is 5.41 Å². The van der Waals surface area contributed by atoms with E-state index in [0.29, 0.717) is 0 Å². The van der Waals surface area contributed by atoms with E-state index in [1.54, 1.807) is 30.2 Å². The molecule has 1 spiro atoms. The van der Waals surface area contributed by atoms with Crippen molar-refractivity contribution in [2.24, 2.45) is 7.05 Å². The lowest BCUT2D eigenvalue weighted by molar-refractivity contribution is 0.310. The van der Waals surface area contributed by atoms with Gasteiger partial charge in [0.1, 0.15) is 5.75 Å². The number of rotatable bonds is 7. The van der Waals surface area contributed by atoms with E-state index in [1.807, 2.05) is 13.8 Å². The first-order chi connectivity index (χ1) is 15.9. The Morgan fingerprint density at radius 2 is 2.09 bits per heavy atom. The molecule has 1 fully saturated rings. The lowest BCUT2D eigenvalue weighted by atomic mass is 9.81. The van der Waals surface area contributed by atoms with Crippen LogP contribution in [0.2, 0.25) is 5.02 Å². The Labute approximate surface area is 208 Å². The number of thiazole rings is 1. The van der Waals surface area contributed by atoms with E-state index in [2.05, 4.69) is 43.8 Å². The lowest BCUT2D eigenvalue weighted by Gasteiger charge is -2.26. The second kappa shape index (κ2) is 9.21. The molecule has 5 rings (SSSR count). The van der Waals surface area contributed by atoms with E-state index in [0.717, 1.165) is 75.6 Å². The summed E-state index contributed by atoms with van der Waals surface area (Å²) >= 11 is 9.85. The van der Waals surface area contributed by atoms with Crippen molar-refractivity contribution in [3.63, 3.8) is 0 Å². The molecule has 1 atom stereocenters.